The monoisotopic (exact) mass is 371 g/mol. The number of piperidine rings is 1. The van der Waals surface area contributed by atoms with Crippen LogP contribution in [0.25, 0.3) is 10.9 Å². The van der Waals surface area contributed by atoms with E-state index in [1.54, 1.807) is 0 Å². The van der Waals surface area contributed by atoms with Crippen LogP contribution in [0.4, 0.5) is 0 Å². The molecule has 4 rings (SSSR count). The Morgan fingerprint density at radius 3 is 2.75 bits per heavy atom. The van der Waals surface area contributed by atoms with E-state index in [1.807, 2.05) is 18.2 Å². The van der Waals surface area contributed by atoms with Crippen molar-refractivity contribution in [3.8, 4) is 6.07 Å². The van der Waals surface area contributed by atoms with Gasteiger partial charge in [-0.05, 0) is 79.8 Å². The van der Waals surface area contributed by atoms with Crippen molar-refractivity contribution >= 4 is 10.9 Å². The van der Waals surface area contributed by atoms with Gasteiger partial charge in [-0.2, -0.15) is 5.26 Å². The minimum atomic E-state index is 0.397. The van der Waals surface area contributed by atoms with Crippen molar-refractivity contribution in [1.82, 2.24) is 10.3 Å². The maximum atomic E-state index is 9.17. The second kappa shape index (κ2) is 8.63. The van der Waals surface area contributed by atoms with E-state index in [9.17, 15) is 0 Å². The van der Waals surface area contributed by atoms with Gasteiger partial charge in [-0.15, -0.1) is 0 Å². The fraction of sp³-hybridized carbons (Fsp3) is 0.400. The van der Waals surface area contributed by atoms with Crippen molar-refractivity contribution in [3.63, 3.8) is 0 Å². The molecule has 3 heteroatoms. The molecule has 0 aliphatic carbocycles. The van der Waals surface area contributed by atoms with E-state index in [2.05, 4.69) is 52.9 Å². The van der Waals surface area contributed by atoms with Crippen molar-refractivity contribution in [2.75, 3.05) is 13.1 Å². The Balaban J connectivity index is 1.38. The number of nitriles is 1. The van der Waals surface area contributed by atoms with E-state index in [0.717, 1.165) is 30.6 Å². The summed E-state index contributed by atoms with van der Waals surface area (Å²) in [4.78, 5) is 3.35. The van der Waals surface area contributed by atoms with Gasteiger partial charge in [0, 0.05) is 23.6 Å². The zero-order valence-corrected chi connectivity index (χ0v) is 16.5. The van der Waals surface area contributed by atoms with Gasteiger partial charge in [0.15, 0.2) is 0 Å². The summed E-state index contributed by atoms with van der Waals surface area (Å²) in [6.07, 6.45) is 10.7. The summed E-state index contributed by atoms with van der Waals surface area (Å²) in [5.74, 6) is 0. The summed E-state index contributed by atoms with van der Waals surface area (Å²) >= 11 is 0. The maximum Gasteiger partial charge on any atom is 0.0991 e. The first-order chi connectivity index (χ1) is 13.8. The quantitative estimate of drug-likeness (QED) is 0.549. The standard InChI is InChI=1S/C25H29N3/c26-17-21-10-11-24-23(15-21)22(18-28-24)9-4-5-12-25(13-6-14-27-19-25)16-20-7-2-1-3-8-20/h1-3,7-8,10-11,15,18,27-28H,4-6,9,12-14,16,19H2. The molecule has 144 valence electrons. The number of aryl methyl sites for hydroxylation is 1. The number of nitrogens with zero attached hydrogens (tertiary/aromatic N) is 1. The average molecular weight is 372 g/mol. The number of unbranched alkanes of at least 4 members (excludes halogenated alkanes) is 1. The summed E-state index contributed by atoms with van der Waals surface area (Å²) < 4.78 is 0. The molecule has 28 heavy (non-hydrogen) atoms. The molecule has 0 radical (unpaired) electrons. The molecule has 2 heterocycles. The summed E-state index contributed by atoms with van der Waals surface area (Å²) in [6, 6.07) is 19.1. The lowest BCUT2D eigenvalue weighted by Gasteiger charge is -2.38. The molecule has 0 amide bonds. The third-order valence-electron chi connectivity index (χ3n) is 6.28. The van der Waals surface area contributed by atoms with E-state index in [-0.39, 0.29) is 0 Å². The van der Waals surface area contributed by atoms with Crippen LogP contribution in [0.5, 0.6) is 0 Å². The van der Waals surface area contributed by atoms with Crippen molar-refractivity contribution in [3.05, 3.63) is 71.4 Å². The first-order valence-electron chi connectivity index (χ1n) is 10.5. The van der Waals surface area contributed by atoms with E-state index in [0.29, 0.717) is 5.41 Å². The molecule has 3 nitrogen and oxygen atoms in total. The maximum absolute atomic E-state index is 9.17. The van der Waals surface area contributed by atoms with Crippen LogP contribution in [-0.4, -0.2) is 18.1 Å². The third-order valence-corrected chi connectivity index (χ3v) is 6.28. The molecule has 2 N–H and O–H groups in total. The minimum Gasteiger partial charge on any atom is -0.361 e. The Kier molecular flexibility index (Phi) is 5.78. The van der Waals surface area contributed by atoms with E-state index in [4.69, 9.17) is 5.26 Å². The number of nitrogens with one attached hydrogen (secondary N) is 2. The van der Waals surface area contributed by atoms with Gasteiger partial charge in [0.1, 0.15) is 0 Å². The fourth-order valence-electron chi connectivity index (χ4n) is 4.78. The first kappa shape index (κ1) is 18.8. The van der Waals surface area contributed by atoms with E-state index < -0.39 is 0 Å². The van der Waals surface area contributed by atoms with E-state index in [1.165, 1.54) is 55.0 Å². The lowest BCUT2D eigenvalue weighted by atomic mass is 9.72. The smallest absolute Gasteiger partial charge is 0.0991 e. The summed E-state index contributed by atoms with van der Waals surface area (Å²) in [7, 11) is 0. The van der Waals surface area contributed by atoms with Gasteiger partial charge in [-0.25, -0.2) is 0 Å². The van der Waals surface area contributed by atoms with Crippen LogP contribution in [0.15, 0.2) is 54.7 Å². The highest BCUT2D eigenvalue weighted by Crippen LogP contribution is 2.36. The topological polar surface area (TPSA) is 51.6 Å². The largest absolute Gasteiger partial charge is 0.361 e. The molecule has 1 aromatic heterocycles. The average Bonchev–Trinajstić information content (AvgIpc) is 3.15. The summed E-state index contributed by atoms with van der Waals surface area (Å²) in [5.41, 5.74) is 5.07. The molecule has 3 aromatic rings. The van der Waals surface area contributed by atoms with Crippen molar-refractivity contribution in [2.45, 2.75) is 44.9 Å². The molecule has 1 aliphatic rings. The lowest BCUT2D eigenvalue weighted by Crippen LogP contribution is -2.41. The Morgan fingerprint density at radius 2 is 1.96 bits per heavy atom. The molecule has 1 fully saturated rings. The Labute approximate surface area is 167 Å². The highest BCUT2D eigenvalue weighted by Gasteiger charge is 2.31. The fourth-order valence-corrected chi connectivity index (χ4v) is 4.78. The number of rotatable bonds is 7. The van der Waals surface area contributed by atoms with Crippen LogP contribution in [0.3, 0.4) is 0 Å². The number of H-pyrrole nitrogens is 1. The molecule has 0 spiro atoms. The molecule has 1 saturated heterocycles. The number of benzene rings is 2. The van der Waals surface area contributed by atoms with Crippen LogP contribution in [0, 0.1) is 16.7 Å². The number of fused-ring (bicyclic) bond motifs is 1. The van der Waals surface area contributed by atoms with Crippen LogP contribution in [-0.2, 0) is 12.8 Å². The molecule has 0 bridgehead atoms. The van der Waals surface area contributed by atoms with Crippen molar-refractivity contribution < 1.29 is 0 Å². The zero-order valence-electron chi connectivity index (χ0n) is 16.5. The highest BCUT2D eigenvalue weighted by molar-refractivity contribution is 5.84. The Bertz CT molecular complexity index is 943. The molecular weight excluding hydrogens is 342 g/mol. The SMILES string of the molecule is N#Cc1ccc2[nH]cc(CCCCC3(Cc4ccccc4)CCCNC3)c2c1. The van der Waals surface area contributed by atoms with Gasteiger partial charge in [-0.3, -0.25) is 0 Å². The molecule has 1 unspecified atom stereocenters. The van der Waals surface area contributed by atoms with Crippen molar-refractivity contribution in [2.24, 2.45) is 5.41 Å². The number of hydrogen-bond donors (Lipinski definition) is 2. The molecule has 0 saturated carbocycles. The summed E-state index contributed by atoms with van der Waals surface area (Å²) in [6.45, 7) is 2.30. The van der Waals surface area contributed by atoms with Crippen LogP contribution in [0.2, 0.25) is 0 Å². The highest BCUT2D eigenvalue weighted by atomic mass is 14.9. The van der Waals surface area contributed by atoms with Gasteiger partial charge in [0.2, 0.25) is 0 Å². The minimum absolute atomic E-state index is 0.397. The zero-order chi connectivity index (χ0) is 19.2. The van der Waals surface area contributed by atoms with Crippen molar-refractivity contribution in [1.29, 1.82) is 5.26 Å². The first-order valence-corrected chi connectivity index (χ1v) is 10.5. The lowest BCUT2D eigenvalue weighted by molar-refractivity contribution is 0.184. The summed E-state index contributed by atoms with van der Waals surface area (Å²) in [5, 5.41) is 14.0. The normalized spacial score (nSPS) is 19.5. The van der Waals surface area contributed by atoms with Gasteiger partial charge in [-0.1, -0.05) is 36.8 Å². The second-order valence-electron chi connectivity index (χ2n) is 8.34. The van der Waals surface area contributed by atoms with Crippen LogP contribution < -0.4 is 5.32 Å². The number of hydrogen-bond acceptors (Lipinski definition) is 2. The van der Waals surface area contributed by atoms with Crippen LogP contribution >= 0.6 is 0 Å². The molecular formula is C25H29N3. The third kappa shape index (κ3) is 4.29. The second-order valence-corrected chi connectivity index (χ2v) is 8.34. The molecule has 1 aliphatic heterocycles. The van der Waals surface area contributed by atoms with Gasteiger partial charge >= 0.3 is 0 Å². The van der Waals surface area contributed by atoms with E-state index >= 15 is 0 Å². The van der Waals surface area contributed by atoms with Gasteiger partial charge < -0.3 is 10.3 Å². The van der Waals surface area contributed by atoms with Crippen LogP contribution in [0.1, 0.15) is 48.8 Å². The molecule has 2 aromatic carbocycles. The molecule has 1 atom stereocenters. The van der Waals surface area contributed by atoms with Gasteiger partial charge in [0.05, 0.1) is 11.6 Å². The number of aromatic amines is 1. The number of aromatic nitrogens is 1. The predicted molar refractivity (Wildman–Crippen MR) is 115 cm³/mol. The Morgan fingerprint density at radius 1 is 1.07 bits per heavy atom. The Hall–Kier alpha value is -2.57. The predicted octanol–water partition coefficient (Wildman–Crippen LogP) is 5.36. The van der Waals surface area contributed by atoms with Gasteiger partial charge in [0.25, 0.3) is 0 Å².